The monoisotopic (exact) mass is 698 g/mol. The molecule has 270 valence electrons. The minimum atomic E-state index is -0.765. The molecule has 7 unspecified atom stereocenters. The number of allylic oxidation sites excluding steroid dienone is 4. The van der Waals surface area contributed by atoms with Gasteiger partial charge in [-0.25, -0.2) is 9.59 Å². The standard InChI is InChI=1S/C40H46N2O9/c1-20-14-34(47)51-36-21(2)37-27(16-26(20)36)28(22(3)50-37)18-42-33(46)11-13-41-38(48)49-19-32(45)30-9-8-29-25-7-6-23-15-24(43)10-12-39(23,4)35(25)31(44)17-40(29,30)5/h10,12,14-16,25,29-31,35,44H,6-9,11,13,17-19H2,1-5H3,(H,41,48)(H,42,46). The lowest BCUT2D eigenvalue weighted by Gasteiger charge is -2.58. The lowest BCUT2D eigenvalue weighted by molar-refractivity contribution is -0.141. The second-order valence-corrected chi connectivity index (χ2v) is 15.6. The quantitative estimate of drug-likeness (QED) is 0.252. The summed E-state index contributed by atoms with van der Waals surface area (Å²) in [4.78, 5) is 62.8. The number of Topliss-reactive ketones (excluding diaryl/α,β-unsaturated/α-hetero) is 1. The Morgan fingerprint density at radius 1 is 1.00 bits per heavy atom. The Kier molecular flexibility index (Phi) is 8.84. The lowest BCUT2D eigenvalue weighted by atomic mass is 9.46. The maximum absolute atomic E-state index is 13.5. The summed E-state index contributed by atoms with van der Waals surface area (Å²) in [5, 5.41) is 18.6. The maximum atomic E-state index is 13.5. The van der Waals surface area contributed by atoms with Crippen molar-refractivity contribution in [3.8, 4) is 0 Å². The molecule has 0 bridgehead atoms. The Labute approximate surface area is 295 Å². The summed E-state index contributed by atoms with van der Waals surface area (Å²) >= 11 is 0. The first-order valence-electron chi connectivity index (χ1n) is 18.0. The van der Waals surface area contributed by atoms with Crippen molar-refractivity contribution in [1.29, 1.82) is 0 Å². The third kappa shape index (κ3) is 5.93. The van der Waals surface area contributed by atoms with E-state index in [-0.39, 0.29) is 72.7 Å². The molecule has 3 saturated carbocycles. The van der Waals surface area contributed by atoms with E-state index >= 15 is 0 Å². The van der Waals surface area contributed by atoms with Crippen LogP contribution in [0.5, 0.6) is 0 Å². The van der Waals surface area contributed by atoms with Crippen molar-refractivity contribution in [2.75, 3.05) is 13.2 Å². The number of aliphatic hydroxyl groups excluding tert-OH is 1. The summed E-state index contributed by atoms with van der Waals surface area (Å²) in [6.07, 6.45) is 7.72. The minimum absolute atomic E-state index is 0.00308. The summed E-state index contributed by atoms with van der Waals surface area (Å²) in [6.45, 7) is 9.60. The fourth-order valence-corrected chi connectivity index (χ4v) is 10.3. The van der Waals surface area contributed by atoms with Crippen molar-refractivity contribution in [3.63, 3.8) is 0 Å². The van der Waals surface area contributed by atoms with Crippen LogP contribution in [0.15, 0.2) is 49.6 Å². The van der Waals surface area contributed by atoms with Gasteiger partial charge < -0.3 is 29.3 Å². The number of ether oxygens (including phenoxy) is 1. The number of hydrogen-bond donors (Lipinski definition) is 3. The number of furan rings is 1. The van der Waals surface area contributed by atoms with E-state index in [1.54, 1.807) is 12.2 Å². The molecule has 3 fully saturated rings. The van der Waals surface area contributed by atoms with Crippen LogP contribution >= 0.6 is 0 Å². The molecule has 0 radical (unpaired) electrons. The number of ketones is 2. The van der Waals surface area contributed by atoms with Crippen molar-refractivity contribution in [3.05, 3.63) is 68.8 Å². The summed E-state index contributed by atoms with van der Waals surface area (Å²) in [7, 11) is 0. The van der Waals surface area contributed by atoms with Crippen LogP contribution in [0, 0.1) is 55.3 Å². The number of alkyl carbamates (subject to hydrolysis) is 1. The molecule has 1 aromatic carbocycles. The van der Waals surface area contributed by atoms with Crippen molar-refractivity contribution >= 4 is 45.5 Å². The van der Waals surface area contributed by atoms with Gasteiger partial charge in [0.1, 0.15) is 16.9 Å². The molecule has 3 aromatic rings. The van der Waals surface area contributed by atoms with Gasteiger partial charge in [0, 0.05) is 64.7 Å². The van der Waals surface area contributed by atoms with Gasteiger partial charge >= 0.3 is 11.7 Å². The number of nitrogens with one attached hydrogen (secondary N) is 2. The first-order chi connectivity index (χ1) is 24.2. The molecule has 11 nitrogen and oxygen atoms in total. The predicted octanol–water partition coefficient (Wildman–Crippen LogP) is 5.66. The first-order valence-corrected chi connectivity index (χ1v) is 18.0. The molecular formula is C40H46N2O9. The fourth-order valence-electron chi connectivity index (χ4n) is 10.3. The third-order valence-corrected chi connectivity index (χ3v) is 12.7. The molecule has 0 saturated heterocycles. The van der Waals surface area contributed by atoms with Crippen LogP contribution in [0.25, 0.3) is 21.9 Å². The van der Waals surface area contributed by atoms with Gasteiger partial charge in [-0.1, -0.05) is 25.5 Å². The van der Waals surface area contributed by atoms with E-state index in [4.69, 9.17) is 13.6 Å². The van der Waals surface area contributed by atoms with Crippen LogP contribution in [0.4, 0.5) is 4.79 Å². The van der Waals surface area contributed by atoms with E-state index in [0.29, 0.717) is 35.3 Å². The summed E-state index contributed by atoms with van der Waals surface area (Å²) < 4.78 is 16.8. The number of carbonyl (C=O) groups excluding carboxylic acids is 4. The summed E-state index contributed by atoms with van der Waals surface area (Å²) in [6, 6.07) is 3.36. The van der Waals surface area contributed by atoms with Gasteiger partial charge in [0.2, 0.25) is 5.91 Å². The molecule has 2 aromatic heterocycles. The SMILES string of the molecule is Cc1oc2c(C)c3oc(=O)cc(C)c3cc2c1CNC(=O)CCNC(=O)OCC(=O)C1CCC2C3CCC4=CC(=O)C=CC4(C)C3C(O)CC12C. The molecule has 2 heterocycles. The average molecular weight is 699 g/mol. The Bertz CT molecular complexity index is 2090. The molecule has 2 amide bonds. The first kappa shape index (κ1) is 34.9. The van der Waals surface area contributed by atoms with Crippen molar-refractivity contribution in [2.45, 2.75) is 85.8 Å². The van der Waals surface area contributed by atoms with Crippen molar-refractivity contribution in [2.24, 2.45) is 34.5 Å². The molecule has 11 heteroatoms. The van der Waals surface area contributed by atoms with E-state index in [2.05, 4.69) is 24.5 Å². The average Bonchev–Trinajstić information content (AvgIpc) is 3.58. The summed E-state index contributed by atoms with van der Waals surface area (Å²) in [5.41, 5.74) is 3.29. The fraction of sp³-hybridized carbons (Fsp3) is 0.525. The Hall–Kier alpha value is -4.51. The highest BCUT2D eigenvalue weighted by molar-refractivity contribution is 6.01. The van der Waals surface area contributed by atoms with Crippen molar-refractivity contribution in [1.82, 2.24) is 10.6 Å². The molecule has 4 aliphatic carbocycles. The van der Waals surface area contributed by atoms with Gasteiger partial charge in [0.05, 0.1) is 6.10 Å². The topological polar surface area (TPSA) is 165 Å². The summed E-state index contributed by atoms with van der Waals surface area (Å²) in [5.74, 6) is 0.380. The Morgan fingerprint density at radius 3 is 2.55 bits per heavy atom. The zero-order valence-electron chi connectivity index (χ0n) is 29.9. The number of amides is 2. The lowest BCUT2D eigenvalue weighted by Crippen LogP contribution is -2.56. The van der Waals surface area contributed by atoms with E-state index < -0.39 is 23.2 Å². The Morgan fingerprint density at radius 2 is 1.76 bits per heavy atom. The number of aliphatic hydroxyl groups is 1. The highest BCUT2D eigenvalue weighted by Crippen LogP contribution is 2.66. The van der Waals surface area contributed by atoms with Gasteiger partial charge in [-0.05, 0) is 93.9 Å². The second kappa shape index (κ2) is 12.9. The molecule has 7 rings (SSSR count). The van der Waals surface area contributed by atoms with Gasteiger partial charge in [-0.2, -0.15) is 0 Å². The van der Waals surface area contributed by atoms with E-state index in [1.807, 2.05) is 32.9 Å². The van der Waals surface area contributed by atoms with Crippen LogP contribution in [-0.4, -0.2) is 47.9 Å². The zero-order valence-corrected chi connectivity index (χ0v) is 29.9. The Balaban J connectivity index is 0.900. The number of fused-ring (bicyclic) bond motifs is 7. The number of aryl methyl sites for hydroxylation is 3. The highest BCUT2D eigenvalue weighted by Gasteiger charge is 2.62. The number of hydrogen-bond acceptors (Lipinski definition) is 9. The molecule has 3 N–H and O–H groups in total. The zero-order chi connectivity index (χ0) is 36.4. The van der Waals surface area contributed by atoms with Gasteiger partial charge in [0.15, 0.2) is 18.2 Å². The van der Waals surface area contributed by atoms with Crippen LogP contribution < -0.4 is 16.3 Å². The van der Waals surface area contributed by atoms with Crippen LogP contribution in [0.2, 0.25) is 0 Å². The third-order valence-electron chi connectivity index (χ3n) is 12.7. The van der Waals surface area contributed by atoms with E-state index in [0.717, 1.165) is 46.7 Å². The molecule has 4 aliphatic rings. The largest absolute Gasteiger partial charge is 0.461 e. The van der Waals surface area contributed by atoms with Crippen molar-refractivity contribution < 1.29 is 37.9 Å². The van der Waals surface area contributed by atoms with E-state index in [9.17, 15) is 29.1 Å². The van der Waals surface area contributed by atoms with Gasteiger partial charge in [0.25, 0.3) is 0 Å². The normalized spacial score (nSPS) is 29.6. The molecule has 51 heavy (non-hydrogen) atoms. The smallest absolute Gasteiger partial charge is 0.407 e. The molecule has 7 atom stereocenters. The minimum Gasteiger partial charge on any atom is -0.461 e. The molecular weight excluding hydrogens is 652 g/mol. The number of carbonyl (C=O) groups is 4. The second-order valence-electron chi connectivity index (χ2n) is 15.6. The van der Waals surface area contributed by atoms with Gasteiger partial charge in [-0.3, -0.25) is 14.4 Å². The molecule has 0 aliphatic heterocycles. The van der Waals surface area contributed by atoms with Gasteiger partial charge in [-0.15, -0.1) is 0 Å². The number of benzene rings is 1. The predicted molar refractivity (Wildman–Crippen MR) is 189 cm³/mol. The molecule has 0 spiro atoms. The van der Waals surface area contributed by atoms with Crippen LogP contribution in [0.3, 0.4) is 0 Å². The van der Waals surface area contributed by atoms with E-state index in [1.165, 1.54) is 6.07 Å². The maximum Gasteiger partial charge on any atom is 0.407 e. The van der Waals surface area contributed by atoms with Crippen LogP contribution in [-0.2, 0) is 25.7 Å². The highest BCUT2D eigenvalue weighted by atomic mass is 16.6. The number of rotatable bonds is 8. The van der Waals surface area contributed by atoms with Crippen LogP contribution in [0.1, 0.15) is 74.8 Å².